The fourth-order valence-electron chi connectivity index (χ4n) is 6.91. The lowest BCUT2D eigenvalue weighted by Gasteiger charge is -2.48. The number of fused-ring (bicyclic) bond motifs is 7. The average molecular weight is 694 g/mol. The van der Waals surface area contributed by atoms with Crippen LogP contribution in [0.5, 0.6) is 17.2 Å². The summed E-state index contributed by atoms with van der Waals surface area (Å²) >= 11 is 6.36. The normalized spacial score (nSPS) is 20.8. The van der Waals surface area contributed by atoms with E-state index in [1.807, 2.05) is 6.07 Å². The molecule has 2 unspecified atom stereocenters. The van der Waals surface area contributed by atoms with E-state index in [1.54, 1.807) is 37.3 Å². The molecule has 0 amide bonds. The van der Waals surface area contributed by atoms with Gasteiger partial charge >= 0.3 is 27.6 Å². The van der Waals surface area contributed by atoms with E-state index in [0.29, 0.717) is 24.1 Å². The van der Waals surface area contributed by atoms with Crippen molar-refractivity contribution in [3.05, 3.63) is 81.4 Å². The van der Waals surface area contributed by atoms with Crippen molar-refractivity contribution in [1.29, 1.82) is 0 Å². The highest BCUT2D eigenvalue weighted by Gasteiger charge is 2.55. The molecule has 14 heteroatoms. The van der Waals surface area contributed by atoms with E-state index >= 15 is 0 Å². The van der Waals surface area contributed by atoms with Crippen LogP contribution in [0.15, 0.2) is 48.5 Å². The molecular weight excluding hydrogens is 663 g/mol. The summed E-state index contributed by atoms with van der Waals surface area (Å²) in [5.74, 6) is -1.59. The van der Waals surface area contributed by atoms with Crippen LogP contribution in [0.2, 0.25) is 5.02 Å². The van der Waals surface area contributed by atoms with Gasteiger partial charge in [-0.1, -0.05) is 36.7 Å². The fraction of sp³-hybridized carbons (Fsp3) is 0.394. The molecule has 0 fully saturated rings. The summed E-state index contributed by atoms with van der Waals surface area (Å²) in [6.45, 7) is 8.81. The summed E-state index contributed by atoms with van der Waals surface area (Å²) in [6.07, 6.45) is 1.50. The number of ether oxygens (including phenoxy) is 3. The van der Waals surface area contributed by atoms with E-state index in [9.17, 15) is 31.2 Å². The van der Waals surface area contributed by atoms with Crippen molar-refractivity contribution in [2.24, 2.45) is 0 Å². The van der Waals surface area contributed by atoms with E-state index < -0.39 is 38.0 Å². The van der Waals surface area contributed by atoms with Crippen LogP contribution >= 0.6 is 11.6 Å². The zero-order valence-electron chi connectivity index (χ0n) is 25.9. The third kappa shape index (κ3) is 5.37. The van der Waals surface area contributed by atoms with Gasteiger partial charge in [0.2, 0.25) is 0 Å². The molecule has 0 saturated heterocycles. The number of carbonyl (C=O) groups excluding carboxylic acids is 2. The van der Waals surface area contributed by atoms with Gasteiger partial charge < -0.3 is 23.3 Å². The summed E-state index contributed by atoms with van der Waals surface area (Å²) in [5, 5.41) is -0.468. The summed E-state index contributed by atoms with van der Waals surface area (Å²) in [7, 11) is -6.07. The second-order valence-electron chi connectivity index (χ2n) is 12.4. The van der Waals surface area contributed by atoms with Crippen molar-refractivity contribution < 1.29 is 49.6 Å². The second kappa shape index (κ2) is 11.3. The summed E-state index contributed by atoms with van der Waals surface area (Å²) in [6, 6.07) is 12.6. The van der Waals surface area contributed by atoms with Gasteiger partial charge in [0, 0.05) is 53.0 Å². The predicted octanol–water partition coefficient (Wildman–Crippen LogP) is 7.57. The molecule has 0 saturated carbocycles. The quantitative estimate of drug-likeness (QED) is 0.141. The van der Waals surface area contributed by atoms with Crippen molar-refractivity contribution in [3.8, 4) is 17.2 Å². The van der Waals surface area contributed by atoms with Crippen LogP contribution in [-0.2, 0) is 30.0 Å². The molecule has 0 bridgehead atoms. The number of halogens is 4. The molecule has 9 nitrogen and oxygen atoms in total. The monoisotopic (exact) mass is 693 g/mol. The third-order valence-corrected chi connectivity index (χ3v) is 10.1. The second-order valence-corrected chi connectivity index (χ2v) is 14.3. The lowest BCUT2D eigenvalue weighted by Crippen LogP contribution is -2.49. The molecule has 3 aliphatic heterocycles. The van der Waals surface area contributed by atoms with Gasteiger partial charge in [-0.25, -0.2) is 4.79 Å². The number of anilines is 1. The van der Waals surface area contributed by atoms with Gasteiger partial charge in [-0.3, -0.25) is 4.79 Å². The van der Waals surface area contributed by atoms with E-state index in [1.165, 1.54) is 6.07 Å². The third-order valence-electron chi connectivity index (χ3n) is 8.82. The number of alkyl halides is 3. The maximum Gasteiger partial charge on any atom is 0.534 e. The molecular formula is C33H31ClF3NO8S. The zero-order valence-corrected chi connectivity index (χ0v) is 27.4. The lowest BCUT2D eigenvalue weighted by molar-refractivity contribution is -0.143. The highest BCUT2D eigenvalue weighted by atomic mass is 35.5. The van der Waals surface area contributed by atoms with Crippen LogP contribution in [0.4, 0.5) is 18.9 Å². The molecule has 0 N–H and O–H groups in total. The smallest absolute Gasteiger partial charge is 0.466 e. The summed E-state index contributed by atoms with van der Waals surface area (Å²) in [5.41, 5.74) is -4.56. The Bertz CT molecular complexity index is 1910. The molecule has 3 heterocycles. The highest BCUT2D eigenvalue weighted by molar-refractivity contribution is 7.88. The standard InChI is InChI=1S/C33H31ClF3NO8S/c1-5-43-29(39)11-8-12-38-25-15-26-22(13-20(25)18(2)17-31(38,3)4)32(21-10-7-6-9-19(21)30(40)45-32)23-14-24(34)28(16-27(23)44-26)46-47(41,42)33(35,36)37/h6-7,9-10,13-16,18H,5,8,11-12,17H2,1-4H3. The molecule has 0 aliphatic carbocycles. The number of nitrogens with zero attached hydrogens (tertiary/aromatic N) is 1. The maximum atomic E-state index is 13.3. The summed E-state index contributed by atoms with van der Waals surface area (Å²) < 4.78 is 85.5. The molecule has 0 radical (unpaired) electrons. The van der Waals surface area contributed by atoms with E-state index in [0.717, 1.165) is 23.7 Å². The number of rotatable bonds is 7. The molecule has 3 aromatic rings. The first-order chi connectivity index (χ1) is 22.0. The van der Waals surface area contributed by atoms with E-state index in [-0.39, 0.29) is 53.1 Å². The number of hydrogen-bond acceptors (Lipinski definition) is 9. The fourth-order valence-corrected chi connectivity index (χ4v) is 7.63. The Hall–Kier alpha value is -3.97. The van der Waals surface area contributed by atoms with Gasteiger partial charge in [0.1, 0.15) is 11.5 Å². The van der Waals surface area contributed by atoms with Crippen LogP contribution in [0.1, 0.15) is 85.5 Å². The van der Waals surface area contributed by atoms with Gasteiger partial charge in [-0.15, -0.1) is 0 Å². The number of hydrogen-bond donors (Lipinski definition) is 0. The van der Waals surface area contributed by atoms with Gasteiger partial charge in [0.15, 0.2) is 11.4 Å². The molecule has 1 spiro atoms. The molecule has 0 aromatic heterocycles. The summed E-state index contributed by atoms with van der Waals surface area (Å²) in [4.78, 5) is 27.6. The molecule has 3 aliphatic rings. The first-order valence-corrected chi connectivity index (χ1v) is 16.8. The Morgan fingerprint density at radius 2 is 1.77 bits per heavy atom. The maximum absolute atomic E-state index is 13.3. The van der Waals surface area contributed by atoms with Crippen LogP contribution in [-0.4, -0.2) is 44.6 Å². The Balaban J connectivity index is 1.53. The SMILES string of the molecule is CCOC(=O)CCCN1c2cc3c(cc2C(C)CC1(C)C)C1(OC(=O)c2ccccc21)c1cc(Cl)c(OS(=O)(=O)C(F)(F)F)cc1O3. The minimum Gasteiger partial charge on any atom is -0.466 e. The number of carbonyl (C=O) groups is 2. The van der Waals surface area contributed by atoms with E-state index in [2.05, 4.69) is 29.9 Å². The minimum atomic E-state index is -6.07. The number of benzene rings is 3. The first-order valence-electron chi connectivity index (χ1n) is 15.0. The molecule has 6 rings (SSSR count). The predicted molar refractivity (Wildman–Crippen MR) is 166 cm³/mol. The van der Waals surface area contributed by atoms with Crippen molar-refractivity contribution in [2.75, 3.05) is 18.1 Å². The van der Waals surface area contributed by atoms with Gasteiger partial charge in [-0.05, 0) is 63.3 Å². The van der Waals surface area contributed by atoms with Crippen LogP contribution in [0, 0.1) is 0 Å². The van der Waals surface area contributed by atoms with Crippen molar-refractivity contribution in [3.63, 3.8) is 0 Å². The van der Waals surface area contributed by atoms with Crippen molar-refractivity contribution in [1.82, 2.24) is 0 Å². The zero-order chi connectivity index (χ0) is 34.1. The number of esters is 2. The van der Waals surface area contributed by atoms with Crippen LogP contribution in [0.25, 0.3) is 0 Å². The average Bonchev–Trinajstić information content (AvgIpc) is 3.27. The topological polar surface area (TPSA) is 108 Å². The van der Waals surface area contributed by atoms with Crippen molar-refractivity contribution in [2.45, 2.75) is 69.5 Å². The Morgan fingerprint density at radius 3 is 2.47 bits per heavy atom. The van der Waals surface area contributed by atoms with Crippen molar-refractivity contribution >= 4 is 39.3 Å². The van der Waals surface area contributed by atoms with Crippen LogP contribution < -0.4 is 13.8 Å². The van der Waals surface area contributed by atoms with Crippen LogP contribution in [0.3, 0.4) is 0 Å². The molecule has 2 atom stereocenters. The molecule has 250 valence electrons. The first kappa shape index (κ1) is 33.0. The molecule has 47 heavy (non-hydrogen) atoms. The highest BCUT2D eigenvalue weighted by Crippen LogP contribution is 2.60. The molecule has 3 aromatic carbocycles. The van der Waals surface area contributed by atoms with Gasteiger partial charge in [-0.2, -0.15) is 21.6 Å². The largest absolute Gasteiger partial charge is 0.534 e. The Labute approximate surface area is 274 Å². The van der Waals surface area contributed by atoms with Gasteiger partial charge in [0.25, 0.3) is 0 Å². The minimum absolute atomic E-state index is 0.0457. The van der Waals surface area contributed by atoms with Gasteiger partial charge in [0.05, 0.1) is 17.2 Å². The lowest BCUT2D eigenvalue weighted by atomic mass is 9.74. The van der Waals surface area contributed by atoms with E-state index in [4.69, 9.17) is 25.8 Å². The Kier molecular flexibility index (Phi) is 7.94. The Morgan fingerprint density at radius 1 is 1.09 bits per heavy atom.